The first-order valence-electron chi connectivity index (χ1n) is 5.75. The molecule has 108 valence electrons. The van der Waals surface area contributed by atoms with Crippen LogP contribution in [0.2, 0.25) is 0 Å². The van der Waals surface area contributed by atoms with E-state index in [1.54, 1.807) is 0 Å². The molecule has 0 aliphatic carbocycles. The molecule has 6 heteroatoms. The van der Waals surface area contributed by atoms with Gasteiger partial charge in [-0.3, -0.25) is 0 Å². The molecule has 0 fully saturated rings. The Hall–Kier alpha value is -0.0700. The van der Waals surface area contributed by atoms with Crippen molar-refractivity contribution in [1.29, 1.82) is 0 Å². The molecule has 0 bridgehead atoms. The molecule has 0 aliphatic heterocycles. The summed E-state index contributed by atoms with van der Waals surface area (Å²) in [4.78, 5) is 0. The van der Waals surface area contributed by atoms with Gasteiger partial charge in [-0.25, -0.2) is 0 Å². The van der Waals surface area contributed by atoms with Crippen molar-refractivity contribution in [2.45, 2.75) is 18.0 Å². The maximum atomic E-state index is 12.0. The summed E-state index contributed by atoms with van der Waals surface area (Å²) >= 11 is 6.91. The summed E-state index contributed by atoms with van der Waals surface area (Å²) < 4.78 is 40.8. The molecular formula is C13H15Br2F3O. The monoisotopic (exact) mass is 402 g/mol. The molecule has 0 amide bonds. The van der Waals surface area contributed by atoms with E-state index < -0.39 is 12.8 Å². The van der Waals surface area contributed by atoms with Crippen LogP contribution in [-0.4, -0.2) is 30.1 Å². The van der Waals surface area contributed by atoms with Crippen LogP contribution in [0.1, 0.15) is 12.0 Å². The second-order valence-electron chi connectivity index (χ2n) is 4.33. The lowest BCUT2D eigenvalue weighted by atomic mass is 9.82. The summed E-state index contributed by atoms with van der Waals surface area (Å²) in [5, 5.41) is 1.31. The van der Waals surface area contributed by atoms with Gasteiger partial charge in [0.25, 0.3) is 0 Å². The summed E-state index contributed by atoms with van der Waals surface area (Å²) in [6.45, 7) is -1.12. The quantitative estimate of drug-likeness (QED) is 0.474. The summed E-state index contributed by atoms with van der Waals surface area (Å²) in [5.41, 5.74) is 0.826. The second-order valence-corrected chi connectivity index (χ2v) is 5.45. The molecule has 0 spiro atoms. The van der Waals surface area contributed by atoms with Crippen molar-refractivity contribution >= 4 is 31.9 Å². The molecule has 0 N–H and O–H groups in total. The first-order chi connectivity index (χ1) is 8.93. The van der Waals surface area contributed by atoms with E-state index in [1.807, 2.05) is 30.3 Å². The third kappa shape index (κ3) is 5.44. The lowest BCUT2D eigenvalue weighted by Crippen LogP contribution is -2.32. The van der Waals surface area contributed by atoms with Gasteiger partial charge in [-0.1, -0.05) is 62.2 Å². The number of hydrogen-bond donors (Lipinski definition) is 0. The number of hydrogen-bond acceptors (Lipinski definition) is 1. The van der Waals surface area contributed by atoms with E-state index in [4.69, 9.17) is 4.74 Å². The van der Waals surface area contributed by atoms with Crippen molar-refractivity contribution in [2.24, 2.45) is 0 Å². The van der Waals surface area contributed by atoms with Crippen molar-refractivity contribution in [2.75, 3.05) is 23.9 Å². The summed E-state index contributed by atoms with van der Waals surface area (Å²) in [6.07, 6.45) is -3.75. The molecule has 0 aromatic heterocycles. The van der Waals surface area contributed by atoms with E-state index in [0.717, 1.165) is 5.56 Å². The van der Waals surface area contributed by atoms with Crippen molar-refractivity contribution in [3.05, 3.63) is 35.9 Å². The van der Waals surface area contributed by atoms with E-state index in [-0.39, 0.29) is 12.0 Å². The van der Waals surface area contributed by atoms with E-state index in [9.17, 15) is 13.2 Å². The number of benzene rings is 1. The highest BCUT2D eigenvalue weighted by Gasteiger charge is 2.31. The van der Waals surface area contributed by atoms with E-state index in [0.29, 0.717) is 17.1 Å². The molecule has 0 heterocycles. The van der Waals surface area contributed by atoms with Crippen molar-refractivity contribution in [3.8, 4) is 0 Å². The maximum Gasteiger partial charge on any atom is 0.411 e. The van der Waals surface area contributed by atoms with Gasteiger partial charge in [0.15, 0.2) is 0 Å². The highest BCUT2D eigenvalue weighted by molar-refractivity contribution is 9.09. The molecule has 0 aliphatic rings. The highest BCUT2D eigenvalue weighted by Crippen LogP contribution is 2.32. The first-order valence-corrected chi connectivity index (χ1v) is 8.00. The molecule has 0 atom stereocenters. The third-order valence-corrected chi connectivity index (χ3v) is 5.04. The van der Waals surface area contributed by atoms with Crippen LogP contribution in [0.4, 0.5) is 13.2 Å². The zero-order valence-corrected chi connectivity index (χ0v) is 13.4. The normalized spacial score (nSPS) is 12.7. The Morgan fingerprint density at radius 3 is 2.05 bits per heavy atom. The molecule has 0 saturated heterocycles. The number of ether oxygens (including phenoxy) is 1. The maximum absolute atomic E-state index is 12.0. The van der Waals surface area contributed by atoms with Crippen LogP contribution in [0.3, 0.4) is 0 Å². The van der Waals surface area contributed by atoms with Crippen LogP contribution in [0.5, 0.6) is 0 Å². The molecule has 0 saturated carbocycles. The predicted octanol–water partition coefficient (Wildman–Crippen LogP) is 4.68. The summed E-state index contributed by atoms with van der Waals surface area (Å²) in [5.74, 6) is 0. The van der Waals surface area contributed by atoms with Crippen molar-refractivity contribution < 1.29 is 17.9 Å². The molecule has 1 aromatic rings. The van der Waals surface area contributed by atoms with Gasteiger partial charge in [0.1, 0.15) is 6.61 Å². The van der Waals surface area contributed by atoms with Gasteiger partial charge in [-0.05, 0) is 12.0 Å². The lowest BCUT2D eigenvalue weighted by molar-refractivity contribution is -0.174. The van der Waals surface area contributed by atoms with Crippen LogP contribution in [0.25, 0.3) is 0 Å². The van der Waals surface area contributed by atoms with E-state index >= 15 is 0 Å². The standard InChI is InChI=1S/C13H15Br2F3O/c14-8-12(9-15,11-4-2-1-3-5-11)6-7-19-10-13(16,17)18/h1-5H,6-10H2. The van der Waals surface area contributed by atoms with Crippen LogP contribution < -0.4 is 0 Å². The molecule has 1 aromatic carbocycles. The SMILES string of the molecule is FC(F)(F)COCCC(CBr)(CBr)c1ccccc1. The van der Waals surface area contributed by atoms with Gasteiger partial charge in [-0.15, -0.1) is 0 Å². The van der Waals surface area contributed by atoms with E-state index in [1.165, 1.54) is 0 Å². The molecule has 19 heavy (non-hydrogen) atoms. The van der Waals surface area contributed by atoms with Crippen LogP contribution >= 0.6 is 31.9 Å². The minimum atomic E-state index is -4.27. The van der Waals surface area contributed by atoms with Crippen LogP contribution in [0, 0.1) is 0 Å². The Morgan fingerprint density at radius 1 is 1.00 bits per heavy atom. The topological polar surface area (TPSA) is 9.23 Å². The highest BCUT2D eigenvalue weighted by atomic mass is 79.9. The fourth-order valence-corrected chi connectivity index (χ4v) is 3.85. The Morgan fingerprint density at radius 2 is 1.58 bits per heavy atom. The number of halogens is 5. The third-order valence-electron chi connectivity index (χ3n) is 2.89. The Labute approximate surface area is 127 Å². The van der Waals surface area contributed by atoms with Gasteiger partial charge >= 0.3 is 6.18 Å². The zero-order chi connectivity index (χ0) is 14.4. The van der Waals surface area contributed by atoms with Gasteiger partial charge < -0.3 is 4.74 Å². The average molecular weight is 404 g/mol. The lowest BCUT2D eigenvalue weighted by Gasteiger charge is -2.30. The van der Waals surface area contributed by atoms with Gasteiger partial charge in [-0.2, -0.15) is 13.2 Å². The Bertz CT molecular complexity index is 364. The molecule has 1 rings (SSSR count). The molecule has 1 nitrogen and oxygen atoms in total. The fraction of sp³-hybridized carbons (Fsp3) is 0.538. The Balaban J connectivity index is 2.63. The first kappa shape index (κ1) is 17.0. The van der Waals surface area contributed by atoms with Gasteiger partial charge in [0.05, 0.1) is 0 Å². The predicted molar refractivity (Wildman–Crippen MR) is 77.2 cm³/mol. The average Bonchev–Trinajstić information content (AvgIpc) is 2.39. The molecule has 0 radical (unpaired) electrons. The minimum Gasteiger partial charge on any atom is -0.372 e. The molecular weight excluding hydrogens is 389 g/mol. The minimum absolute atomic E-state index is 0.0750. The van der Waals surface area contributed by atoms with Crippen molar-refractivity contribution in [1.82, 2.24) is 0 Å². The fourth-order valence-electron chi connectivity index (χ4n) is 1.72. The number of alkyl halides is 5. The smallest absolute Gasteiger partial charge is 0.372 e. The van der Waals surface area contributed by atoms with Crippen molar-refractivity contribution in [3.63, 3.8) is 0 Å². The van der Waals surface area contributed by atoms with E-state index in [2.05, 4.69) is 31.9 Å². The van der Waals surface area contributed by atoms with Gasteiger partial charge in [0.2, 0.25) is 0 Å². The Kier molecular flexibility index (Phi) is 6.83. The number of rotatable bonds is 7. The van der Waals surface area contributed by atoms with Gasteiger partial charge in [0, 0.05) is 22.7 Å². The second kappa shape index (κ2) is 7.64. The largest absolute Gasteiger partial charge is 0.411 e. The van der Waals surface area contributed by atoms with Crippen LogP contribution in [-0.2, 0) is 10.2 Å². The summed E-state index contributed by atoms with van der Waals surface area (Å²) in [6, 6.07) is 9.72. The van der Waals surface area contributed by atoms with Crippen LogP contribution in [0.15, 0.2) is 30.3 Å². The summed E-state index contributed by atoms with van der Waals surface area (Å²) in [7, 11) is 0. The molecule has 0 unspecified atom stereocenters. The zero-order valence-electron chi connectivity index (χ0n) is 10.2.